The summed E-state index contributed by atoms with van der Waals surface area (Å²) >= 11 is 0. The first-order chi connectivity index (χ1) is 17.0. The normalized spacial score (nSPS) is 16.7. The van der Waals surface area contributed by atoms with Gasteiger partial charge in [0.2, 0.25) is 10.0 Å². The number of benzene rings is 3. The Kier molecular flexibility index (Phi) is 6.57. The molecule has 0 aromatic heterocycles. The molecule has 1 amide bonds. The zero-order valence-corrected chi connectivity index (χ0v) is 20.0. The van der Waals surface area contributed by atoms with E-state index in [0.29, 0.717) is 43.4 Å². The van der Waals surface area contributed by atoms with Crippen LogP contribution in [0.25, 0.3) is 11.6 Å². The van der Waals surface area contributed by atoms with Gasteiger partial charge in [0.1, 0.15) is 13.2 Å². The molecule has 2 heterocycles. The predicted molar refractivity (Wildman–Crippen MR) is 134 cm³/mol. The summed E-state index contributed by atoms with van der Waals surface area (Å²) in [5.41, 5.74) is 2.34. The van der Waals surface area contributed by atoms with Crippen LogP contribution >= 0.6 is 0 Å². The van der Waals surface area contributed by atoms with Crippen molar-refractivity contribution in [3.05, 3.63) is 90.0 Å². The second kappa shape index (κ2) is 9.93. The van der Waals surface area contributed by atoms with Crippen molar-refractivity contribution in [3.63, 3.8) is 0 Å². The molecule has 1 fully saturated rings. The lowest BCUT2D eigenvalue weighted by atomic mass is 10.0. The van der Waals surface area contributed by atoms with E-state index in [0.717, 1.165) is 11.1 Å². The summed E-state index contributed by atoms with van der Waals surface area (Å²) in [5, 5.41) is 0. The van der Waals surface area contributed by atoms with Crippen molar-refractivity contribution < 1.29 is 22.7 Å². The van der Waals surface area contributed by atoms with Crippen LogP contribution in [0.5, 0.6) is 11.5 Å². The van der Waals surface area contributed by atoms with Crippen LogP contribution in [0.2, 0.25) is 0 Å². The molecule has 35 heavy (non-hydrogen) atoms. The molecule has 1 saturated heterocycles. The number of piperazine rings is 1. The summed E-state index contributed by atoms with van der Waals surface area (Å²) < 4.78 is 39.0. The lowest BCUT2D eigenvalue weighted by Crippen LogP contribution is -2.50. The molecule has 8 heteroatoms. The minimum Gasteiger partial charge on any atom is -0.486 e. The third kappa shape index (κ3) is 4.94. The molecule has 0 aliphatic carbocycles. The number of carbonyl (C=O) groups is 1. The monoisotopic (exact) mass is 490 g/mol. The molecule has 0 radical (unpaired) electrons. The van der Waals surface area contributed by atoms with Gasteiger partial charge in [0.05, 0.1) is 4.90 Å². The van der Waals surface area contributed by atoms with Crippen molar-refractivity contribution >= 4 is 27.6 Å². The highest BCUT2D eigenvalue weighted by atomic mass is 32.2. The van der Waals surface area contributed by atoms with Crippen molar-refractivity contribution in [1.29, 1.82) is 0 Å². The zero-order chi connectivity index (χ0) is 24.3. The highest BCUT2D eigenvalue weighted by molar-refractivity contribution is 7.89. The van der Waals surface area contributed by atoms with Gasteiger partial charge in [-0.25, -0.2) is 8.42 Å². The van der Waals surface area contributed by atoms with Crippen LogP contribution < -0.4 is 9.47 Å². The third-order valence-corrected chi connectivity index (χ3v) is 8.00. The molecular formula is C27H26N2O5S. The average molecular weight is 491 g/mol. The van der Waals surface area contributed by atoms with Gasteiger partial charge in [-0.2, -0.15) is 4.31 Å². The lowest BCUT2D eigenvalue weighted by Gasteiger charge is -2.34. The number of ether oxygens (including phenoxy) is 2. The molecule has 3 aromatic rings. The Labute approximate surface area is 205 Å². The Bertz CT molecular complexity index is 1330. The predicted octanol–water partition coefficient (Wildman–Crippen LogP) is 3.53. The van der Waals surface area contributed by atoms with E-state index in [1.165, 1.54) is 16.4 Å². The van der Waals surface area contributed by atoms with Gasteiger partial charge in [-0.05, 0) is 29.3 Å². The van der Waals surface area contributed by atoms with Crippen molar-refractivity contribution in [2.75, 3.05) is 39.4 Å². The average Bonchev–Trinajstić information content (AvgIpc) is 2.92. The van der Waals surface area contributed by atoms with E-state index < -0.39 is 10.0 Å². The largest absolute Gasteiger partial charge is 0.486 e. The number of nitrogens with zero attached hydrogens (tertiary/aromatic N) is 2. The van der Waals surface area contributed by atoms with Gasteiger partial charge in [-0.15, -0.1) is 0 Å². The topological polar surface area (TPSA) is 76.2 Å². The fourth-order valence-corrected chi connectivity index (χ4v) is 5.68. The van der Waals surface area contributed by atoms with E-state index in [9.17, 15) is 13.2 Å². The van der Waals surface area contributed by atoms with Crippen LogP contribution in [0.4, 0.5) is 0 Å². The van der Waals surface area contributed by atoms with Crippen LogP contribution in [0.15, 0.2) is 83.8 Å². The maximum atomic E-state index is 13.5. The van der Waals surface area contributed by atoms with Gasteiger partial charge >= 0.3 is 0 Å². The standard InChI is InChI=1S/C27H26N2O5S/c30-27(24(22-9-5-2-6-10-22)19-21-7-3-1-4-8-21)28-13-15-29(16-14-28)35(31,32)23-11-12-25-26(20-23)34-18-17-33-25/h1-12,19-20H,13-18H2/b24-19+. The molecule has 0 bridgehead atoms. The Morgan fingerprint density at radius 1 is 0.771 bits per heavy atom. The number of hydrogen-bond donors (Lipinski definition) is 0. The van der Waals surface area contributed by atoms with Crippen LogP contribution in [-0.4, -0.2) is 62.9 Å². The van der Waals surface area contributed by atoms with Gasteiger partial charge in [0.25, 0.3) is 5.91 Å². The van der Waals surface area contributed by atoms with Crippen LogP contribution in [0.3, 0.4) is 0 Å². The molecule has 5 rings (SSSR count). The summed E-state index contributed by atoms with van der Waals surface area (Å²) in [4.78, 5) is 15.4. The Morgan fingerprint density at radius 2 is 1.40 bits per heavy atom. The van der Waals surface area contributed by atoms with E-state index in [-0.39, 0.29) is 23.9 Å². The van der Waals surface area contributed by atoms with Crippen molar-refractivity contribution in [3.8, 4) is 11.5 Å². The van der Waals surface area contributed by atoms with E-state index in [4.69, 9.17) is 9.47 Å². The molecule has 0 spiro atoms. The van der Waals surface area contributed by atoms with Crippen LogP contribution in [-0.2, 0) is 14.8 Å². The SMILES string of the molecule is O=C(/C(=C/c1ccccc1)c1ccccc1)N1CCN(S(=O)(=O)c2ccc3c(c2)OCCO3)CC1. The Morgan fingerprint density at radius 3 is 2.09 bits per heavy atom. The quantitative estimate of drug-likeness (QED) is 0.404. The number of sulfonamides is 1. The molecular weight excluding hydrogens is 464 g/mol. The smallest absolute Gasteiger partial charge is 0.254 e. The first-order valence-electron chi connectivity index (χ1n) is 11.5. The molecule has 2 aliphatic heterocycles. The summed E-state index contributed by atoms with van der Waals surface area (Å²) in [6.07, 6.45) is 1.88. The maximum Gasteiger partial charge on any atom is 0.254 e. The second-order valence-corrected chi connectivity index (χ2v) is 10.3. The summed E-state index contributed by atoms with van der Waals surface area (Å²) in [5.74, 6) is 0.866. The summed E-state index contributed by atoms with van der Waals surface area (Å²) in [6, 6.07) is 23.9. The van der Waals surface area contributed by atoms with Crippen molar-refractivity contribution in [2.24, 2.45) is 0 Å². The first kappa shape index (κ1) is 23.1. The minimum atomic E-state index is -3.72. The van der Waals surface area contributed by atoms with Gasteiger partial charge in [0.15, 0.2) is 11.5 Å². The Hall–Kier alpha value is -3.62. The minimum absolute atomic E-state index is 0.114. The molecule has 3 aromatic carbocycles. The molecule has 0 saturated carbocycles. The number of amides is 1. The molecule has 2 aliphatic rings. The van der Waals surface area contributed by atoms with Crippen LogP contribution in [0, 0.1) is 0 Å². The van der Waals surface area contributed by atoms with Gasteiger partial charge in [-0.3, -0.25) is 4.79 Å². The molecule has 0 atom stereocenters. The maximum absolute atomic E-state index is 13.5. The summed E-state index contributed by atoms with van der Waals surface area (Å²) in [6.45, 7) is 1.88. The van der Waals surface area contributed by atoms with Gasteiger partial charge < -0.3 is 14.4 Å². The number of hydrogen-bond acceptors (Lipinski definition) is 5. The highest BCUT2D eigenvalue weighted by Gasteiger charge is 2.32. The lowest BCUT2D eigenvalue weighted by molar-refractivity contribution is -0.126. The van der Waals surface area contributed by atoms with E-state index in [1.807, 2.05) is 66.7 Å². The molecule has 180 valence electrons. The number of rotatable bonds is 5. The summed E-state index contributed by atoms with van der Waals surface area (Å²) in [7, 11) is -3.72. The fourth-order valence-electron chi connectivity index (χ4n) is 4.24. The van der Waals surface area contributed by atoms with Gasteiger partial charge in [-0.1, -0.05) is 60.7 Å². The fraction of sp³-hybridized carbons (Fsp3) is 0.222. The van der Waals surface area contributed by atoms with Gasteiger partial charge in [0, 0.05) is 37.8 Å². The van der Waals surface area contributed by atoms with E-state index in [1.54, 1.807) is 11.0 Å². The Balaban J connectivity index is 1.33. The molecule has 7 nitrogen and oxygen atoms in total. The first-order valence-corrected chi connectivity index (χ1v) is 13.0. The van der Waals surface area contributed by atoms with E-state index in [2.05, 4.69) is 0 Å². The highest BCUT2D eigenvalue weighted by Crippen LogP contribution is 2.33. The zero-order valence-electron chi connectivity index (χ0n) is 19.2. The van der Waals surface area contributed by atoms with Crippen LogP contribution in [0.1, 0.15) is 11.1 Å². The van der Waals surface area contributed by atoms with Crippen molar-refractivity contribution in [2.45, 2.75) is 4.90 Å². The molecule has 0 unspecified atom stereocenters. The number of fused-ring (bicyclic) bond motifs is 1. The third-order valence-electron chi connectivity index (χ3n) is 6.10. The van der Waals surface area contributed by atoms with Crippen molar-refractivity contribution in [1.82, 2.24) is 9.21 Å². The number of carbonyl (C=O) groups excluding carboxylic acids is 1. The second-order valence-electron chi connectivity index (χ2n) is 8.34. The van der Waals surface area contributed by atoms with E-state index >= 15 is 0 Å². The molecule has 0 N–H and O–H groups in total.